The van der Waals surface area contributed by atoms with Gasteiger partial charge in [-0.15, -0.1) is 0 Å². The number of rotatable bonds is 4. The van der Waals surface area contributed by atoms with Gasteiger partial charge < -0.3 is 5.11 Å². The van der Waals surface area contributed by atoms with E-state index < -0.39 is 22.2 Å². The molecule has 1 aliphatic heterocycles. The van der Waals surface area contributed by atoms with Crippen LogP contribution in [0.2, 0.25) is 0 Å². The lowest BCUT2D eigenvalue weighted by Crippen LogP contribution is -2.48. The standard InChI is InChI=1S/C8H16N2O4S/c1-6(2)9-15(13,14)10-5-3-4-7(10)8(11)12/h6-7,9H,3-5H2,1-2H3,(H,11,12)/t7-/m0/s1. The molecule has 0 radical (unpaired) electrons. The Morgan fingerprint density at radius 2 is 2.13 bits per heavy atom. The lowest BCUT2D eigenvalue weighted by Gasteiger charge is -2.22. The van der Waals surface area contributed by atoms with Crippen LogP contribution in [0.5, 0.6) is 0 Å². The molecule has 88 valence electrons. The Kier molecular flexibility index (Phi) is 3.69. The first-order valence-corrected chi connectivity index (χ1v) is 6.30. The Morgan fingerprint density at radius 1 is 1.53 bits per heavy atom. The highest BCUT2D eigenvalue weighted by Crippen LogP contribution is 2.20. The van der Waals surface area contributed by atoms with E-state index in [1.807, 2.05) is 0 Å². The smallest absolute Gasteiger partial charge is 0.322 e. The Labute approximate surface area is 89.4 Å². The third-order valence-electron chi connectivity index (χ3n) is 2.18. The molecule has 0 unspecified atom stereocenters. The third kappa shape index (κ3) is 2.90. The van der Waals surface area contributed by atoms with Crippen LogP contribution >= 0.6 is 0 Å². The van der Waals surface area contributed by atoms with E-state index in [1.54, 1.807) is 13.8 Å². The summed E-state index contributed by atoms with van der Waals surface area (Å²) >= 11 is 0. The molecule has 0 aliphatic carbocycles. The summed E-state index contributed by atoms with van der Waals surface area (Å²) in [5.41, 5.74) is 0. The number of nitrogens with zero attached hydrogens (tertiary/aromatic N) is 1. The van der Waals surface area contributed by atoms with Crippen molar-refractivity contribution in [1.29, 1.82) is 0 Å². The van der Waals surface area contributed by atoms with Gasteiger partial charge in [0.15, 0.2) is 0 Å². The molecule has 1 aliphatic rings. The fraction of sp³-hybridized carbons (Fsp3) is 0.875. The van der Waals surface area contributed by atoms with Crippen molar-refractivity contribution in [3.05, 3.63) is 0 Å². The zero-order valence-corrected chi connectivity index (χ0v) is 9.62. The van der Waals surface area contributed by atoms with Crippen LogP contribution in [-0.2, 0) is 15.0 Å². The average molecular weight is 236 g/mol. The van der Waals surface area contributed by atoms with Crippen molar-refractivity contribution in [3.8, 4) is 0 Å². The van der Waals surface area contributed by atoms with Crippen molar-refractivity contribution in [2.24, 2.45) is 0 Å². The highest BCUT2D eigenvalue weighted by Gasteiger charge is 2.38. The van der Waals surface area contributed by atoms with E-state index in [0.717, 1.165) is 4.31 Å². The first kappa shape index (κ1) is 12.4. The second kappa shape index (κ2) is 4.46. The molecule has 7 heteroatoms. The zero-order chi connectivity index (χ0) is 11.6. The van der Waals surface area contributed by atoms with E-state index in [-0.39, 0.29) is 12.6 Å². The van der Waals surface area contributed by atoms with E-state index in [2.05, 4.69) is 4.72 Å². The maximum atomic E-state index is 11.7. The number of hydrogen-bond acceptors (Lipinski definition) is 3. The minimum absolute atomic E-state index is 0.231. The van der Waals surface area contributed by atoms with E-state index in [1.165, 1.54) is 0 Å². The van der Waals surface area contributed by atoms with Crippen molar-refractivity contribution >= 4 is 16.2 Å². The summed E-state index contributed by atoms with van der Waals surface area (Å²) in [6.45, 7) is 3.67. The molecule has 0 aromatic heterocycles. The van der Waals surface area contributed by atoms with Crippen LogP contribution in [0.1, 0.15) is 26.7 Å². The summed E-state index contributed by atoms with van der Waals surface area (Å²) in [5, 5.41) is 8.85. The maximum absolute atomic E-state index is 11.7. The van der Waals surface area contributed by atoms with Gasteiger partial charge in [0, 0.05) is 12.6 Å². The lowest BCUT2D eigenvalue weighted by atomic mass is 10.2. The summed E-state index contributed by atoms with van der Waals surface area (Å²) in [6, 6.07) is -1.15. The first-order valence-electron chi connectivity index (χ1n) is 4.86. The minimum Gasteiger partial charge on any atom is -0.480 e. The molecule has 0 saturated carbocycles. The second-order valence-electron chi connectivity index (χ2n) is 3.88. The summed E-state index contributed by atoms with van der Waals surface area (Å²) in [6.07, 6.45) is 0.976. The SMILES string of the molecule is CC(C)NS(=O)(=O)N1CCC[C@H]1C(=O)O. The van der Waals surface area contributed by atoms with Crippen molar-refractivity contribution in [3.63, 3.8) is 0 Å². The van der Waals surface area contributed by atoms with Crippen LogP contribution in [0, 0.1) is 0 Å². The van der Waals surface area contributed by atoms with Crippen LogP contribution in [-0.4, -0.2) is 42.4 Å². The highest BCUT2D eigenvalue weighted by molar-refractivity contribution is 7.87. The molecule has 1 saturated heterocycles. The Hall–Kier alpha value is -0.660. The van der Waals surface area contributed by atoms with E-state index in [0.29, 0.717) is 12.8 Å². The van der Waals surface area contributed by atoms with Gasteiger partial charge >= 0.3 is 5.97 Å². The van der Waals surface area contributed by atoms with E-state index >= 15 is 0 Å². The molecule has 0 aromatic carbocycles. The topological polar surface area (TPSA) is 86.7 Å². The van der Waals surface area contributed by atoms with Gasteiger partial charge in [-0.05, 0) is 26.7 Å². The van der Waals surface area contributed by atoms with Crippen LogP contribution < -0.4 is 4.72 Å². The number of carboxylic acid groups (broad SMARTS) is 1. The molecule has 1 atom stereocenters. The van der Waals surface area contributed by atoms with Crippen molar-refractivity contribution < 1.29 is 18.3 Å². The van der Waals surface area contributed by atoms with Gasteiger partial charge in [-0.25, -0.2) is 0 Å². The van der Waals surface area contributed by atoms with Gasteiger partial charge in [-0.1, -0.05) is 0 Å². The fourth-order valence-electron chi connectivity index (χ4n) is 1.64. The number of hydrogen-bond donors (Lipinski definition) is 2. The number of carbonyl (C=O) groups is 1. The van der Waals surface area contributed by atoms with E-state index in [9.17, 15) is 13.2 Å². The summed E-state index contributed by atoms with van der Waals surface area (Å²) in [5.74, 6) is -1.08. The maximum Gasteiger partial charge on any atom is 0.322 e. The molecule has 0 bridgehead atoms. The Balaban J connectivity index is 2.82. The number of nitrogens with one attached hydrogen (secondary N) is 1. The van der Waals surface area contributed by atoms with Gasteiger partial charge in [0.25, 0.3) is 10.2 Å². The van der Waals surface area contributed by atoms with Crippen LogP contribution in [0.3, 0.4) is 0 Å². The molecule has 1 fully saturated rings. The molecule has 0 aromatic rings. The van der Waals surface area contributed by atoms with Gasteiger partial charge in [0.05, 0.1) is 0 Å². The van der Waals surface area contributed by atoms with Crippen molar-refractivity contribution in [1.82, 2.24) is 9.03 Å². The summed E-state index contributed by atoms with van der Waals surface area (Å²) in [4.78, 5) is 10.8. The predicted octanol–water partition coefficient (Wildman–Crippen LogP) is -0.222. The molecule has 6 nitrogen and oxygen atoms in total. The average Bonchev–Trinajstić information content (AvgIpc) is 2.48. The predicted molar refractivity (Wildman–Crippen MR) is 54.6 cm³/mol. The number of aliphatic carboxylic acids is 1. The monoisotopic (exact) mass is 236 g/mol. The van der Waals surface area contributed by atoms with Crippen LogP contribution in [0.15, 0.2) is 0 Å². The van der Waals surface area contributed by atoms with Gasteiger partial charge in [-0.3, -0.25) is 4.79 Å². The Bertz CT molecular complexity index is 339. The fourth-order valence-corrected chi connectivity index (χ4v) is 3.27. The summed E-state index contributed by atoms with van der Waals surface area (Å²) < 4.78 is 26.8. The second-order valence-corrected chi connectivity index (χ2v) is 5.54. The largest absolute Gasteiger partial charge is 0.480 e. The van der Waals surface area contributed by atoms with Gasteiger partial charge in [0.2, 0.25) is 0 Å². The molecule has 1 heterocycles. The van der Waals surface area contributed by atoms with Gasteiger partial charge in [0.1, 0.15) is 6.04 Å². The molecule has 0 spiro atoms. The molecular formula is C8H16N2O4S. The van der Waals surface area contributed by atoms with Crippen LogP contribution in [0.25, 0.3) is 0 Å². The molecule has 0 amide bonds. The van der Waals surface area contributed by atoms with Crippen molar-refractivity contribution in [2.45, 2.75) is 38.8 Å². The first-order chi connectivity index (χ1) is 6.84. The lowest BCUT2D eigenvalue weighted by molar-refractivity contribution is -0.140. The van der Waals surface area contributed by atoms with E-state index in [4.69, 9.17) is 5.11 Å². The quantitative estimate of drug-likeness (QED) is 0.706. The molecular weight excluding hydrogens is 220 g/mol. The third-order valence-corrected chi connectivity index (χ3v) is 4.01. The van der Waals surface area contributed by atoms with Gasteiger partial charge in [-0.2, -0.15) is 17.4 Å². The van der Waals surface area contributed by atoms with Crippen LogP contribution in [0.4, 0.5) is 0 Å². The molecule has 2 N–H and O–H groups in total. The molecule has 15 heavy (non-hydrogen) atoms. The minimum atomic E-state index is -3.65. The summed E-state index contributed by atoms with van der Waals surface area (Å²) in [7, 11) is -3.65. The van der Waals surface area contributed by atoms with Crippen molar-refractivity contribution in [2.75, 3.05) is 6.54 Å². The number of carboxylic acids is 1. The highest BCUT2D eigenvalue weighted by atomic mass is 32.2. The molecule has 1 rings (SSSR count). The zero-order valence-electron chi connectivity index (χ0n) is 8.80. The normalized spacial score (nSPS) is 23.5. The Morgan fingerprint density at radius 3 is 2.60 bits per heavy atom.